The summed E-state index contributed by atoms with van der Waals surface area (Å²) in [6.45, 7) is 0. The molecule has 1 rings (SSSR count). The third-order valence-electron chi connectivity index (χ3n) is 1.68. The molecule has 2 N–H and O–H groups in total. The van der Waals surface area contributed by atoms with E-state index in [2.05, 4.69) is 12.6 Å². The highest BCUT2D eigenvalue weighted by Gasteiger charge is 2.08. The summed E-state index contributed by atoms with van der Waals surface area (Å²) in [5.74, 6) is -0.0555. The predicted octanol–water partition coefficient (Wildman–Crippen LogP) is 1.26. The molecule has 0 aliphatic heterocycles. The van der Waals surface area contributed by atoms with Crippen LogP contribution >= 0.6 is 12.6 Å². The third kappa shape index (κ3) is 2.15. The summed E-state index contributed by atoms with van der Waals surface area (Å²) in [4.78, 5) is 13.7. The Morgan fingerprint density at radius 2 is 2.08 bits per heavy atom. The molecule has 0 atom stereocenters. The van der Waals surface area contributed by atoms with Gasteiger partial charge < -0.3 is 10.6 Å². The number of rotatable bonds is 1. The van der Waals surface area contributed by atoms with Gasteiger partial charge in [-0.25, -0.2) is 0 Å². The molecule has 4 heteroatoms. The molecule has 1 amide bonds. The first-order valence-electron chi connectivity index (χ1n) is 3.82. The number of carbonyl (C=O) groups is 1. The quantitative estimate of drug-likeness (QED) is 0.524. The van der Waals surface area contributed by atoms with Gasteiger partial charge in [-0.15, -0.1) is 12.6 Å². The zero-order valence-corrected chi connectivity index (χ0v) is 8.51. The fourth-order valence-corrected chi connectivity index (χ4v) is 1.08. The van der Waals surface area contributed by atoms with Crippen LogP contribution in [0.1, 0.15) is 10.4 Å². The van der Waals surface area contributed by atoms with Crippen LogP contribution in [0.15, 0.2) is 23.1 Å². The fraction of sp³-hybridized carbons (Fsp3) is 0.222. The van der Waals surface area contributed by atoms with Gasteiger partial charge in [0.1, 0.15) is 0 Å². The van der Waals surface area contributed by atoms with Crippen molar-refractivity contribution in [1.82, 2.24) is 4.90 Å². The first-order chi connectivity index (χ1) is 6.02. The third-order valence-corrected chi connectivity index (χ3v) is 2.09. The molecule has 13 heavy (non-hydrogen) atoms. The van der Waals surface area contributed by atoms with Gasteiger partial charge in [-0.2, -0.15) is 0 Å². The minimum absolute atomic E-state index is 0.0555. The highest BCUT2D eigenvalue weighted by molar-refractivity contribution is 7.80. The van der Waals surface area contributed by atoms with E-state index in [1.807, 2.05) is 0 Å². The molecular formula is C9H12N2OS. The number of amides is 1. The molecular weight excluding hydrogens is 184 g/mol. The lowest BCUT2D eigenvalue weighted by atomic mass is 10.2. The normalized spacial score (nSPS) is 9.77. The van der Waals surface area contributed by atoms with E-state index in [0.717, 1.165) is 0 Å². The van der Waals surface area contributed by atoms with Gasteiger partial charge in [0.05, 0.1) is 0 Å². The van der Waals surface area contributed by atoms with Gasteiger partial charge in [-0.05, 0) is 18.2 Å². The smallest absolute Gasteiger partial charge is 0.253 e. The van der Waals surface area contributed by atoms with Crippen molar-refractivity contribution in [1.29, 1.82) is 0 Å². The van der Waals surface area contributed by atoms with E-state index in [-0.39, 0.29) is 5.91 Å². The Morgan fingerprint density at radius 1 is 1.46 bits per heavy atom. The molecule has 0 spiro atoms. The van der Waals surface area contributed by atoms with Gasteiger partial charge in [0.15, 0.2) is 0 Å². The Balaban J connectivity index is 3.04. The minimum atomic E-state index is -0.0555. The van der Waals surface area contributed by atoms with Crippen molar-refractivity contribution >= 4 is 24.2 Å². The summed E-state index contributed by atoms with van der Waals surface area (Å²) in [6.07, 6.45) is 0. The maximum absolute atomic E-state index is 11.5. The second-order valence-corrected chi connectivity index (χ2v) is 3.45. The van der Waals surface area contributed by atoms with E-state index in [9.17, 15) is 4.79 Å². The van der Waals surface area contributed by atoms with Crippen LogP contribution in [0.4, 0.5) is 5.69 Å². The maximum atomic E-state index is 11.5. The van der Waals surface area contributed by atoms with Crippen molar-refractivity contribution in [2.24, 2.45) is 0 Å². The molecule has 0 bridgehead atoms. The number of benzene rings is 1. The molecule has 0 saturated heterocycles. The molecule has 0 aromatic heterocycles. The van der Waals surface area contributed by atoms with Gasteiger partial charge >= 0.3 is 0 Å². The van der Waals surface area contributed by atoms with Gasteiger partial charge in [0, 0.05) is 30.2 Å². The second kappa shape index (κ2) is 3.70. The minimum Gasteiger partial charge on any atom is -0.398 e. The molecule has 0 aliphatic rings. The molecule has 1 aromatic rings. The number of anilines is 1. The highest BCUT2D eigenvalue weighted by atomic mass is 32.1. The van der Waals surface area contributed by atoms with Crippen LogP contribution in [0.3, 0.4) is 0 Å². The lowest BCUT2D eigenvalue weighted by Gasteiger charge is -2.10. The van der Waals surface area contributed by atoms with Crippen molar-refractivity contribution in [3.8, 4) is 0 Å². The zero-order chi connectivity index (χ0) is 10.0. The Morgan fingerprint density at radius 3 is 2.54 bits per heavy atom. The molecule has 70 valence electrons. The number of hydrogen-bond acceptors (Lipinski definition) is 3. The molecule has 1 aromatic carbocycles. The van der Waals surface area contributed by atoms with Crippen LogP contribution in [0.5, 0.6) is 0 Å². The standard InChI is InChI=1S/C9H12N2OS/c1-11(2)9(12)6-3-4-8(13)7(10)5-6/h3-5,13H,10H2,1-2H3. The fourth-order valence-electron chi connectivity index (χ4n) is 0.946. The number of nitrogen functional groups attached to an aromatic ring is 1. The molecule has 3 nitrogen and oxygen atoms in total. The lowest BCUT2D eigenvalue weighted by Crippen LogP contribution is -2.21. The summed E-state index contributed by atoms with van der Waals surface area (Å²) >= 11 is 4.12. The van der Waals surface area contributed by atoms with Crippen LogP contribution in [-0.4, -0.2) is 24.9 Å². The molecule has 0 aliphatic carbocycles. The van der Waals surface area contributed by atoms with E-state index in [1.54, 1.807) is 32.3 Å². The van der Waals surface area contributed by atoms with Crippen molar-refractivity contribution < 1.29 is 4.79 Å². The first-order valence-corrected chi connectivity index (χ1v) is 4.27. The van der Waals surface area contributed by atoms with Gasteiger partial charge in [-0.3, -0.25) is 4.79 Å². The van der Waals surface area contributed by atoms with Crippen LogP contribution in [0.25, 0.3) is 0 Å². The van der Waals surface area contributed by atoms with Crippen molar-refractivity contribution in [3.63, 3.8) is 0 Å². The Hall–Kier alpha value is -1.16. The summed E-state index contributed by atoms with van der Waals surface area (Å²) < 4.78 is 0. The molecule has 0 radical (unpaired) electrons. The summed E-state index contributed by atoms with van der Waals surface area (Å²) in [5, 5.41) is 0. The number of thiol groups is 1. The number of nitrogens with two attached hydrogens (primary N) is 1. The molecule has 0 fully saturated rings. The van der Waals surface area contributed by atoms with E-state index in [0.29, 0.717) is 16.1 Å². The summed E-state index contributed by atoms with van der Waals surface area (Å²) in [5.41, 5.74) is 6.72. The Labute approximate surface area is 82.9 Å². The Bertz CT molecular complexity index is 336. The molecule has 0 unspecified atom stereocenters. The Kier molecular flexibility index (Phi) is 2.83. The largest absolute Gasteiger partial charge is 0.398 e. The summed E-state index contributed by atoms with van der Waals surface area (Å²) in [6, 6.07) is 5.06. The second-order valence-electron chi connectivity index (χ2n) is 2.97. The molecule has 0 heterocycles. The molecule has 0 saturated carbocycles. The average molecular weight is 196 g/mol. The zero-order valence-electron chi connectivity index (χ0n) is 7.61. The van der Waals surface area contributed by atoms with Crippen molar-refractivity contribution in [2.45, 2.75) is 4.90 Å². The van der Waals surface area contributed by atoms with Crippen LogP contribution in [0.2, 0.25) is 0 Å². The predicted molar refractivity (Wildman–Crippen MR) is 56.1 cm³/mol. The van der Waals surface area contributed by atoms with Crippen LogP contribution in [0, 0.1) is 0 Å². The van der Waals surface area contributed by atoms with Gasteiger partial charge in [0.2, 0.25) is 0 Å². The number of nitrogens with zero attached hydrogens (tertiary/aromatic N) is 1. The van der Waals surface area contributed by atoms with Crippen molar-refractivity contribution in [2.75, 3.05) is 19.8 Å². The van der Waals surface area contributed by atoms with Crippen molar-refractivity contribution in [3.05, 3.63) is 23.8 Å². The SMILES string of the molecule is CN(C)C(=O)c1ccc(S)c(N)c1. The lowest BCUT2D eigenvalue weighted by molar-refractivity contribution is 0.0827. The first kappa shape index (κ1) is 9.92. The van der Waals surface area contributed by atoms with Gasteiger partial charge in [-0.1, -0.05) is 0 Å². The average Bonchev–Trinajstić information content (AvgIpc) is 2.08. The van der Waals surface area contributed by atoms with Gasteiger partial charge in [0.25, 0.3) is 5.91 Å². The van der Waals surface area contributed by atoms with E-state index >= 15 is 0 Å². The monoisotopic (exact) mass is 196 g/mol. The van der Waals surface area contributed by atoms with Crippen LogP contribution < -0.4 is 5.73 Å². The summed E-state index contributed by atoms with van der Waals surface area (Å²) in [7, 11) is 3.40. The number of carbonyl (C=O) groups excluding carboxylic acids is 1. The number of hydrogen-bond donors (Lipinski definition) is 2. The van der Waals surface area contributed by atoms with E-state index < -0.39 is 0 Å². The van der Waals surface area contributed by atoms with E-state index in [4.69, 9.17) is 5.73 Å². The van der Waals surface area contributed by atoms with Crippen LogP contribution in [-0.2, 0) is 0 Å². The topological polar surface area (TPSA) is 46.3 Å². The highest BCUT2D eigenvalue weighted by Crippen LogP contribution is 2.18. The van der Waals surface area contributed by atoms with E-state index in [1.165, 1.54) is 4.90 Å². The maximum Gasteiger partial charge on any atom is 0.253 e.